The van der Waals surface area contributed by atoms with Crippen LogP contribution in [-0.2, 0) is 4.74 Å². The average molecular weight is 398 g/mol. The molecule has 4 heterocycles. The summed E-state index contributed by atoms with van der Waals surface area (Å²) in [5.74, 6) is 1.20. The van der Waals surface area contributed by atoms with Crippen LogP contribution in [0.3, 0.4) is 0 Å². The molecule has 3 N–H and O–H groups in total. The fourth-order valence-corrected chi connectivity index (χ4v) is 4.65. The molecule has 0 aliphatic carbocycles. The van der Waals surface area contributed by atoms with Gasteiger partial charge in [0.15, 0.2) is 0 Å². The predicted molar refractivity (Wildman–Crippen MR) is 111 cm³/mol. The lowest BCUT2D eigenvalue weighted by Crippen LogP contribution is -2.38. The van der Waals surface area contributed by atoms with E-state index < -0.39 is 0 Å². The fraction of sp³-hybridized carbons (Fsp3) is 0.421. The summed E-state index contributed by atoms with van der Waals surface area (Å²) >= 11 is 1.52. The smallest absolute Gasteiger partial charge is 0.264 e. The number of rotatable bonds is 4. The fourth-order valence-electron chi connectivity index (χ4n) is 3.64. The molecular weight excluding hydrogens is 376 g/mol. The quantitative estimate of drug-likeness (QED) is 0.615. The van der Waals surface area contributed by atoms with E-state index >= 15 is 0 Å². The van der Waals surface area contributed by atoms with E-state index in [-0.39, 0.29) is 11.6 Å². The van der Waals surface area contributed by atoms with Crippen LogP contribution in [0.25, 0.3) is 20.8 Å². The van der Waals surface area contributed by atoms with Gasteiger partial charge in [-0.25, -0.2) is 4.98 Å². The molecule has 1 unspecified atom stereocenters. The molecule has 2 saturated heterocycles. The Balaban J connectivity index is 1.60. The molecule has 2 aliphatic rings. The van der Waals surface area contributed by atoms with Crippen molar-refractivity contribution in [1.29, 1.82) is 0 Å². The first kappa shape index (κ1) is 17.6. The van der Waals surface area contributed by atoms with Gasteiger partial charge in [-0.3, -0.25) is 9.78 Å². The number of hydrogen-bond acceptors (Lipinski definition) is 8. The molecule has 0 saturated carbocycles. The number of aromatic amines is 1. The first-order valence-corrected chi connectivity index (χ1v) is 10.4. The molecule has 0 radical (unpaired) electrons. The number of thiazole rings is 1. The molecule has 0 amide bonds. The van der Waals surface area contributed by atoms with E-state index in [0.29, 0.717) is 48.6 Å². The molecular formula is C19H22N6O2S. The lowest BCUT2D eigenvalue weighted by Gasteiger charge is -2.28. The van der Waals surface area contributed by atoms with Crippen molar-refractivity contribution in [2.24, 2.45) is 0 Å². The van der Waals surface area contributed by atoms with Crippen molar-refractivity contribution in [3.05, 3.63) is 34.6 Å². The predicted octanol–water partition coefficient (Wildman–Crippen LogP) is 1.66. The Kier molecular flexibility index (Phi) is 4.71. The highest BCUT2D eigenvalue weighted by molar-refractivity contribution is 7.21. The van der Waals surface area contributed by atoms with Gasteiger partial charge in [-0.15, -0.1) is 11.3 Å². The Hall–Kier alpha value is -2.49. The maximum absolute atomic E-state index is 13.1. The summed E-state index contributed by atoms with van der Waals surface area (Å²) in [5.41, 5.74) is 1.25. The van der Waals surface area contributed by atoms with Crippen LogP contribution in [0.5, 0.6) is 0 Å². The van der Waals surface area contributed by atoms with Crippen molar-refractivity contribution < 1.29 is 4.74 Å². The minimum atomic E-state index is -0.163. The highest BCUT2D eigenvalue weighted by atomic mass is 32.1. The van der Waals surface area contributed by atoms with Crippen LogP contribution in [0.4, 0.5) is 11.8 Å². The first-order valence-electron chi connectivity index (χ1n) is 9.58. The molecule has 0 spiro atoms. The molecule has 3 aromatic rings. The number of nitrogens with zero attached hydrogens (tertiary/aromatic N) is 3. The van der Waals surface area contributed by atoms with Crippen molar-refractivity contribution in [3.63, 3.8) is 0 Å². The van der Waals surface area contributed by atoms with Gasteiger partial charge in [0.2, 0.25) is 5.95 Å². The van der Waals surface area contributed by atoms with Gasteiger partial charge in [-0.2, -0.15) is 4.98 Å². The molecule has 2 fully saturated rings. The molecule has 5 rings (SSSR count). The van der Waals surface area contributed by atoms with Gasteiger partial charge in [-0.05, 0) is 25.1 Å². The van der Waals surface area contributed by atoms with Gasteiger partial charge in [0, 0.05) is 25.7 Å². The van der Waals surface area contributed by atoms with Crippen LogP contribution in [0.1, 0.15) is 6.42 Å². The van der Waals surface area contributed by atoms with E-state index in [0.717, 1.165) is 29.7 Å². The summed E-state index contributed by atoms with van der Waals surface area (Å²) in [5, 5.41) is 7.53. The Morgan fingerprint density at radius 2 is 2.07 bits per heavy atom. The third-order valence-electron chi connectivity index (χ3n) is 5.13. The Morgan fingerprint density at radius 1 is 1.21 bits per heavy atom. The second-order valence-corrected chi connectivity index (χ2v) is 8.06. The topological polar surface area (TPSA) is 95.2 Å². The van der Waals surface area contributed by atoms with Gasteiger partial charge in [-0.1, -0.05) is 12.1 Å². The molecule has 146 valence electrons. The Labute approximate surface area is 166 Å². The number of fused-ring (bicyclic) bond motifs is 1. The average Bonchev–Trinajstić information content (AvgIpc) is 3.37. The summed E-state index contributed by atoms with van der Waals surface area (Å²) in [6.45, 7) is 4.53. The van der Waals surface area contributed by atoms with Crippen molar-refractivity contribution in [3.8, 4) is 10.6 Å². The summed E-state index contributed by atoms with van der Waals surface area (Å²) in [4.78, 5) is 27.6. The lowest BCUT2D eigenvalue weighted by atomic mass is 10.2. The number of para-hydroxylation sites is 1. The van der Waals surface area contributed by atoms with Crippen LogP contribution in [0, 0.1) is 0 Å². The van der Waals surface area contributed by atoms with Gasteiger partial charge < -0.3 is 20.3 Å². The van der Waals surface area contributed by atoms with Crippen LogP contribution < -0.4 is 21.1 Å². The number of morpholine rings is 1. The van der Waals surface area contributed by atoms with Crippen LogP contribution in [0.15, 0.2) is 29.1 Å². The van der Waals surface area contributed by atoms with Gasteiger partial charge in [0.1, 0.15) is 16.4 Å². The lowest BCUT2D eigenvalue weighted by molar-refractivity contribution is 0.122. The third-order valence-corrected chi connectivity index (χ3v) is 6.18. The summed E-state index contributed by atoms with van der Waals surface area (Å²) in [6, 6.07) is 8.18. The standard InChI is InChI=1S/C19H22N6O2S/c26-17-15(18-22-13-3-1-2-4-14(13)28-18)16(21-12-5-6-20-11-12)23-19(24-17)25-7-9-27-10-8-25/h1-4,12,20H,5-11H2,(H2,21,23,24,26). The minimum absolute atomic E-state index is 0.163. The van der Waals surface area contributed by atoms with Crippen molar-refractivity contribution in [2.75, 3.05) is 49.6 Å². The van der Waals surface area contributed by atoms with E-state index in [1.165, 1.54) is 11.3 Å². The molecule has 1 aromatic carbocycles. The molecule has 9 heteroatoms. The minimum Gasteiger partial charge on any atom is -0.378 e. The van der Waals surface area contributed by atoms with E-state index in [9.17, 15) is 4.79 Å². The maximum atomic E-state index is 13.1. The van der Waals surface area contributed by atoms with E-state index in [1.54, 1.807) is 0 Å². The number of benzene rings is 1. The molecule has 2 aliphatic heterocycles. The third kappa shape index (κ3) is 3.36. The van der Waals surface area contributed by atoms with Gasteiger partial charge in [0.25, 0.3) is 5.56 Å². The normalized spacial score (nSPS) is 20.0. The number of nitrogens with one attached hydrogen (secondary N) is 3. The SMILES string of the molecule is O=c1[nH]c(N2CCOCC2)nc(NC2CCNC2)c1-c1nc2ccccc2s1. The maximum Gasteiger partial charge on any atom is 0.264 e. The zero-order valence-electron chi connectivity index (χ0n) is 15.4. The van der Waals surface area contributed by atoms with Crippen molar-refractivity contribution in [2.45, 2.75) is 12.5 Å². The second kappa shape index (κ2) is 7.50. The number of ether oxygens (including phenoxy) is 1. The Morgan fingerprint density at radius 3 is 2.86 bits per heavy atom. The van der Waals surface area contributed by atoms with E-state index in [1.807, 2.05) is 24.3 Å². The van der Waals surface area contributed by atoms with E-state index in [4.69, 9.17) is 14.7 Å². The summed E-state index contributed by atoms with van der Waals surface area (Å²) < 4.78 is 6.48. The van der Waals surface area contributed by atoms with Crippen LogP contribution in [-0.4, -0.2) is 60.4 Å². The number of anilines is 2. The summed E-state index contributed by atoms with van der Waals surface area (Å²) in [7, 11) is 0. The molecule has 28 heavy (non-hydrogen) atoms. The molecule has 2 aromatic heterocycles. The highest BCUT2D eigenvalue weighted by Gasteiger charge is 2.24. The number of hydrogen-bond donors (Lipinski definition) is 3. The van der Waals surface area contributed by atoms with Crippen LogP contribution >= 0.6 is 11.3 Å². The zero-order chi connectivity index (χ0) is 18.9. The second-order valence-electron chi connectivity index (χ2n) is 7.03. The van der Waals surface area contributed by atoms with Crippen LogP contribution in [0.2, 0.25) is 0 Å². The number of aromatic nitrogens is 3. The van der Waals surface area contributed by atoms with Crippen molar-refractivity contribution in [1.82, 2.24) is 20.3 Å². The number of H-pyrrole nitrogens is 1. The summed E-state index contributed by atoms with van der Waals surface area (Å²) in [6.07, 6.45) is 1.00. The molecule has 1 atom stereocenters. The van der Waals surface area contributed by atoms with Crippen molar-refractivity contribution >= 4 is 33.3 Å². The molecule has 0 bridgehead atoms. The monoisotopic (exact) mass is 398 g/mol. The van der Waals surface area contributed by atoms with Gasteiger partial charge >= 0.3 is 0 Å². The largest absolute Gasteiger partial charge is 0.378 e. The Bertz CT molecular complexity index is 1000. The van der Waals surface area contributed by atoms with Gasteiger partial charge in [0.05, 0.1) is 23.4 Å². The molecule has 8 nitrogen and oxygen atoms in total. The highest BCUT2D eigenvalue weighted by Crippen LogP contribution is 2.32. The van der Waals surface area contributed by atoms with E-state index in [2.05, 4.69) is 20.5 Å². The first-order chi connectivity index (χ1) is 13.8. The zero-order valence-corrected chi connectivity index (χ0v) is 16.2.